The van der Waals surface area contributed by atoms with Crippen molar-refractivity contribution in [2.24, 2.45) is 0 Å². The lowest BCUT2D eigenvalue weighted by Crippen LogP contribution is -2.11. The van der Waals surface area contributed by atoms with Gasteiger partial charge in [-0.05, 0) is 37.8 Å². The largest absolute Gasteiger partial charge is 0.513 e. The molecule has 0 aromatic heterocycles. The normalized spacial score (nSPS) is 11.8. The second-order valence-corrected chi connectivity index (χ2v) is 7.58. The van der Waals surface area contributed by atoms with Gasteiger partial charge in [-0.25, -0.2) is 9.18 Å². The summed E-state index contributed by atoms with van der Waals surface area (Å²) < 4.78 is 23.2. The van der Waals surface area contributed by atoms with Crippen LogP contribution in [0.1, 0.15) is 90.0 Å². The van der Waals surface area contributed by atoms with Gasteiger partial charge in [0, 0.05) is 11.6 Å². The SMILES string of the molecule is CCc1cc(OC(=O)OCCCCCCCCCCCC(F)CC)ccc1[N+](=O)[O-]. The highest BCUT2D eigenvalue weighted by atomic mass is 19.1. The van der Waals surface area contributed by atoms with Gasteiger partial charge < -0.3 is 9.47 Å². The molecule has 7 heteroatoms. The minimum atomic E-state index is -0.788. The van der Waals surface area contributed by atoms with E-state index in [1.807, 2.05) is 6.92 Å². The maximum absolute atomic E-state index is 13.1. The van der Waals surface area contributed by atoms with Crippen LogP contribution in [0.5, 0.6) is 5.75 Å². The van der Waals surface area contributed by atoms with Crippen LogP contribution >= 0.6 is 0 Å². The smallest absolute Gasteiger partial charge is 0.434 e. The van der Waals surface area contributed by atoms with Crippen LogP contribution in [0.25, 0.3) is 0 Å². The first kappa shape index (κ1) is 25.9. The van der Waals surface area contributed by atoms with Gasteiger partial charge in [-0.3, -0.25) is 10.1 Å². The summed E-state index contributed by atoms with van der Waals surface area (Å²) in [5, 5.41) is 10.9. The Bertz CT molecular complexity index is 638. The number of hydrogen-bond donors (Lipinski definition) is 0. The van der Waals surface area contributed by atoms with Gasteiger partial charge in [-0.2, -0.15) is 0 Å². The van der Waals surface area contributed by atoms with E-state index in [4.69, 9.17) is 9.47 Å². The van der Waals surface area contributed by atoms with Crippen molar-refractivity contribution in [3.8, 4) is 5.75 Å². The van der Waals surface area contributed by atoms with Crippen LogP contribution in [0.15, 0.2) is 18.2 Å². The first-order valence-electron chi connectivity index (χ1n) is 11.2. The number of aryl methyl sites for hydroxylation is 1. The molecular weight excluding hydrogens is 389 g/mol. The number of ether oxygens (including phenoxy) is 2. The summed E-state index contributed by atoms with van der Waals surface area (Å²) in [6.45, 7) is 3.99. The number of alkyl halides is 1. The lowest BCUT2D eigenvalue weighted by atomic mass is 10.0. The molecule has 30 heavy (non-hydrogen) atoms. The first-order chi connectivity index (χ1) is 14.5. The summed E-state index contributed by atoms with van der Waals surface area (Å²) in [5.41, 5.74) is 0.529. The van der Waals surface area contributed by atoms with Crippen molar-refractivity contribution in [1.29, 1.82) is 0 Å². The molecule has 0 N–H and O–H groups in total. The van der Waals surface area contributed by atoms with Crippen LogP contribution in [0.2, 0.25) is 0 Å². The highest BCUT2D eigenvalue weighted by Gasteiger charge is 2.15. The summed E-state index contributed by atoms with van der Waals surface area (Å²) in [5.74, 6) is 0.249. The molecule has 170 valence electrons. The minimum Gasteiger partial charge on any atom is -0.434 e. The molecule has 1 aromatic rings. The fourth-order valence-electron chi connectivity index (χ4n) is 3.28. The van der Waals surface area contributed by atoms with Crippen molar-refractivity contribution in [3.05, 3.63) is 33.9 Å². The summed E-state index contributed by atoms with van der Waals surface area (Å²) >= 11 is 0. The molecule has 1 unspecified atom stereocenters. The predicted octanol–water partition coefficient (Wildman–Crippen LogP) is 7.32. The topological polar surface area (TPSA) is 78.7 Å². The lowest BCUT2D eigenvalue weighted by molar-refractivity contribution is -0.385. The molecule has 1 rings (SSSR count). The van der Waals surface area contributed by atoms with Gasteiger partial charge in [-0.15, -0.1) is 0 Å². The van der Waals surface area contributed by atoms with Crippen molar-refractivity contribution in [3.63, 3.8) is 0 Å². The van der Waals surface area contributed by atoms with E-state index in [0.717, 1.165) is 38.5 Å². The quantitative estimate of drug-likeness (QED) is 0.0911. The lowest BCUT2D eigenvalue weighted by Gasteiger charge is -2.07. The third-order valence-electron chi connectivity index (χ3n) is 5.15. The molecule has 0 aliphatic rings. The van der Waals surface area contributed by atoms with E-state index in [-0.39, 0.29) is 11.4 Å². The number of nitrogens with zero attached hydrogens (tertiary/aromatic N) is 1. The fraction of sp³-hybridized carbons (Fsp3) is 0.696. The first-order valence-corrected chi connectivity index (χ1v) is 11.2. The second kappa shape index (κ2) is 15.6. The van der Waals surface area contributed by atoms with E-state index in [9.17, 15) is 19.3 Å². The molecule has 6 nitrogen and oxygen atoms in total. The molecule has 0 fully saturated rings. The number of nitro groups is 1. The number of nitro benzene ring substituents is 1. The predicted molar refractivity (Wildman–Crippen MR) is 116 cm³/mol. The van der Waals surface area contributed by atoms with Gasteiger partial charge in [0.05, 0.1) is 17.7 Å². The molecule has 0 aliphatic heterocycles. The number of carbonyl (C=O) groups is 1. The van der Waals surface area contributed by atoms with E-state index in [1.165, 1.54) is 37.5 Å². The van der Waals surface area contributed by atoms with Crippen LogP contribution in [0, 0.1) is 10.1 Å². The summed E-state index contributed by atoms with van der Waals surface area (Å²) in [7, 11) is 0. The zero-order chi connectivity index (χ0) is 22.2. The molecule has 0 spiro atoms. The Hall–Kier alpha value is -2.18. The third kappa shape index (κ3) is 11.1. The van der Waals surface area contributed by atoms with Crippen LogP contribution in [-0.4, -0.2) is 23.9 Å². The molecule has 0 amide bonds. The Kier molecular flexibility index (Phi) is 13.5. The van der Waals surface area contributed by atoms with Crippen LogP contribution in [-0.2, 0) is 11.2 Å². The number of carbonyl (C=O) groups excluding carboxylic acids is 1. The van der Waals surface area contributed by atoms with Crippen molar-refractivity contribution in [2.75, 3.05) is 6.61 Å². The molecule has 0 heterocycles. The summed E-state index contributed by atoms with van der Waals surface area (Å²) in [4.78, 5) is 22.2. The number of hydrogen-bond acceptors (Lipinski definition) is 5. The number of rotatable bonds is 16. The van der Waals surface area contributed by atoms with Crippen molar-refractivity contribution >= 4 is 11.8 Å². The van der Waals surface area contributed by atoms with Crippen LogP contribution in [0.4, 0.5) is 14.9 Å². The second-order valence-electron chi connectivity index (χ2n) is 7.58. The van der Waals surface area contributed by atoms with E-state index in [0.29, 0.717) is 31.4 Å². The molecule has 1 aromatic carbocycles. The van der Waals surface area contributed by atoms with Gasteiger partial charge in [0.25, 0.3) is 5.69 Å². The Labute approximate surface area is 179 Å². The van der Waals surface area contributed by atoms with Gasteiger partial charge >= 0.3 is 6.16 Å². The average Bonchev–Trinajstić information content (AvgIpc) is 2.73. The zero-order valence-electron chi connectivity index (χ0n) is 18.4. The highest BCUT2D eigenvalue weighted by Crippen LogP contribution is 2.24. The van der Waals surface area contributed by atoms with Crippen molar-refractivity contribution < 1.29 is 23.6 Å². The molecule has 1 atom stereocenters. The van der Waals surface area contributed by atoms with E-state index >= 15 is 0 Å². The Morgan fingerprint density at radius 1 is 1.03 bits per heavy atom. The van der Waals surface area contributed by atoms with E-state index < -0.39 is 17.3 Å². The van der Waals surface area contributed by atoms with E-state index in [2.05, 4.69) is 0 Å². The fourth-order valence-corrected chi connectivity index (χ4v) is 3.28. The monoisotopic (exact) mass is 425 g/mol. The molecule has 0 saturated heterocycles. The molecule has 0 aliphatic carbocycles. The molecule has 0 radical (unpaired) electrons. The Morgan fingerprint density at radius 3 is 2.20 bits per heavy atom. The highest BCUT2D eigenvalue weighted by molar-refractivity contribution is 5.64. The minimum absolute atomic E-state index is 0.0168. The zero-order valence-corrected chi connectivity index (χ0v) is 18.4. The van der Waals surface area contributed by atoms with Gasteiger partial charge in [0.2, 0.25) is 0 Å². The van der Waals surface area contributed by atoms with Gasteiger partial charge in [0.1, 0.15) is 5.75 Å². The van der Waals surface area contributed by atoms with Gasteiger partial charge in [-0.1, -0.05) is 65.2 Å². The third-order valence-corrected chi connectivity index (χ3v) is 5.15. The van der Waals surface area contributed by atoms with Crippen molar-refractivity contribution in [2.45, 2.75) is 97.1 Å². The Morgan fingerprint density at radius 2 is 1.63 bits per heavy atom. The maximum atomic E-state index is 13.1. The van der Waals surface area contributed by atoms with Crippen LogP contribution < -0.4 is 4.74 Å². The van der Waals surface area contributed by atoms with E-state index in [1.54, 1.807) is 6.92 Å². The van der Waals surface area contributed by atoms with Crippen molar-refractivity contribution in [1.82, 2.24) is 0 Å². The van der Waals surface area contributed by atoms with Gasteiger partial charge in [0.15, 0.2) is 0 Å². The average molecular weight is 426 g/mol. The maximum Gasteiger partial charge on any atom is 0.513 e. The number of halogens is 1. The molecule has 0 saturated carbocycles. The standard InChI is InChI=1S/C23H36FNO5/c1-3-19-18-21(15-16-22(19)25(27)28)30-23(26)29-17-13-11-9-7-5-6-8-10-12-14-20(24)4-2/h15-16,18,20H,3-14,17H2,1-2H3. The number of benzene rings is 1. The Balaban J connectivity index is 2.04. The number of unbranched alkanes of at least 4 members (excludes halogenated alkanes) is 8. The van der Waals surface area contributed by atoms with Crippen LogP contribution in [0.3, 0.4) is 0 Å². The summed E-state index contributed by atoms with van der Waals surface area (Å²) in [6, 6.07) is 4.24. The summed E-state index contributed by atoms with van der Waals surface area (Å²) in [6.07, 6.45) is 10.1. The molecular formula is C23H36FNO5. The molecule has 0 bridgehead atoms.